The lowest BCUT2D eigenvalue weighted by Gasteiger charge is -2.21. The van der Waals surface area contributed by atoms with E-state index < -0.39 is 0 Å². The molecule has 0 unspecified atom stereocenters. The lowest BCUT2D eigenvalue weighted by Crippen LogP contribution is -2.16. The lowest BCUT2D eigenvalue weighted by molar-refractivity contribution is 0.327. The number of aromatic nitrogens is 2. The van der Waals surface area contributed by atoms with Gasteiger partial charge in [-0.15, -0.1) is 0 Å². The highest BCUT2D eigenvalue weighted by Gasteiger charge is 2.15. The molecule has 2 aromatic rings. The van der Waals surface area contributed by atoms with Crippen molar-refractivity contribution in [2.45, 2.75) is 51.2 Å². The molecule has 1 heterocycles. The number of halogens is 1. The molecule has 112 valence electrons. The van der Waals surface area contributed by atoms with Crippen LogP contribution in [0.3, 0.4) is 0 Å². The largest absolute Gasteiger partial charge is 0.307 e. The maximum Gasteiger partial charge on any atom is 0.0762 e. The number of hydrogen-bond donors (Lipinski definition) is 1. The summed E-state index contributed by atoms with van der Waals surface area (Å²) in [6.07, 6.45) is 8.73. The summed E-state index contributed by atoms with van der Waals surface area (Å²) in [5, 5.41) is 8.94. The summed E-state index contributed by atoms with van der Waals surface area (Å²) in [6.45, 7) is 1.56. The molecule has 3 nitrogen and oxygen atoms in total. The fourth-order valence-electron chi connectivity index (χ4n) is 2.99. The lowest BCUT2D eigenvalue weighted by atomic mass is 9.96. The van der Waals surface area contributed by atoms with Crippen LogP contribution >= 0.6 is 11.6 Å². The molecular formula is C17H22ClN3. The van der Waals surface area contributed by atoms with Crippen LogP contribution in [0.2, 0.25) is 5.02 Å². The molecule has 0 bridgehead atoms. The summed E-state index contributed by atoms with van der Waals surface area (Å²) >= 11 is 6.15. The fraction of sp³-hybridized carbons (Fsp3) is 0.471. The van der Waals surface area contributed by atoms with E-state index in [0.29, 0.717) is 6.04 Å². The minimum Gasteiger partial charge on any atom is -0.307 e. The molecule has 4 heteroatoms. The number of benzene rings is 1. The topological polar surface area (TPSA) is 29.9 Å². The van der Waals surface area contributed by atoms with E-state index in [2.05, 4.69) is 28.3 Å². The highest BCUT2D eigenvalue weighted by atomic mass is 35.5. The van der Waals surface area contributed by atoms with E-state index in [9.17, 15) is 0 Å². The second-order valence-corrected chi connectivity index (χ2v) is 6.18. The summed E-state index contributed by atoms with van der Waals surface area (Å²) in [5.41, 5.74) is 2.23. The van der Waals surface area contributed by atoms with Crippen LogP contribution in [-0.4, -0.2) is 9.78 Å². The van der Waals surface area contributed by atoms with Gasteiger partial charge in [-0.2, -0.15) is 5.10 Å². The Kier molecular flexibility index (Phi) is 4.94. The summed E-state index contributed by atoms with van der Waals surface area (Å²) < 4.78 is 2.16. The molecule has 1 aliphatic carbocycles. The molecule has 1 fully saturated rings. The van der Waals surface area contributed by atoms with Crippen molar-refractivity contribution in [3.63, 3.8) is 0 Å². The summed E-state index contributed by atoms with van der Waals surface area (Å²) in [6, 6.07) is 10.7. The van der Waals surface area contributed by atoms with Gasteiger partial charge in [-0.05, 0) is 30.5 Å². The minimum absolute atomic E-state index is 0.607. The van der Waals surface area contributed by atoms with E-state index >= 15 is 0 Å². The van der Waals surface area contributed by atoms with Gasteiger partial charge >= 0.3 is 0 Å². The van der Waals surface area contributed by atoms with Crippen LogP contribution < -0.4 is 5.32 Å². The molecular weight excluding hydrogens is 282 g/mol. The Morgan fingerprint density at radius 2 is 1.90 bits per heavy atom. The van der Waals surface area contributed by atoms with Crippen LogP contribution in [0.15, 0.2) is 36.5 Å². The Morgan fingerprint density at radius 1 is 1.10 bits per heavy atom. The van der Waals surface area contributed by atoms with Gasteiger partial charge in [0.1, 0.15) is 0 Å². The second kappa shape index (κ2) is 7.10. The van der Waals surface area contributed by atoms with Crippen molar-refractivity contribution in [1.82, 2.24) is 15.1 Å². The van der Waals surface area contributed by atoms with Crippen LogP contribution in [0.5, 0.6) is 0 Å². The molecule has 0 atom stereocenters. The first-order valence-electron chi connectivity index (χ1n) is 7.81. The summed E-state index contributed by atoms with van der Waals surface area (Å²) in [4.78, 5) is 0. The Labute approximate surface area is 131 Å². The van der Waals surface area contributed by atoms with Crippen molar-refractivity contribution in [2.75, 3.05) is 0 Å². The molecule has 1 saturated carbocycles. The molecule has 0 radical (unpaired) electrons. The van der Waals surface area contributed by atoms with E-state index in [1.54, 1.807) is 0 Å². The van der Waals surface area contributed by atoms with Crippen LogP contribution in [0.1, 0.15) is 49.4 Å². The molecule has 1 aliphatic rings. The van der Waals surface area contributed by atoms with Gasteiger partial charge in [0, 0.05) is 24.3 Å². The standard InChI is InChI=1S/C17H22ClN3/c18-17-9-5-4-6-14(17)12-19-13-15-10-11-21(20-15)16-7-2-1-3-8-16/h4-6,9-11,16,19H,1-3,7-8,12-13H2. The number of nitrogens with one attached hydrogen (secondary N) is 1. The third-order valence-electron chi connectivity index (χ3n) is 4.19. The monoisotopic (exact) mass is 303 g/mol. The average molecular weight is 304 g/mol. The molecule has 1 aromatic carbocycles. The third-order valence-corrected chi connectivity index (χ3v) is 4.56. The van der Waals surface area contributed by atoms with Crippen molar-refractivity contribution in [3.05, 3.63) is 52.8 Å². The van der Waals surface area contributed by atoms with Gasteiger partial charge in [0.25, 0.3) is 0 Å². The van der Waals surface area contributed by atoms with Gasteiger partial charge in [-0.25, -0.2) is 0 Å². The molecule has 21 heavy (non-hydrogen) atoms. The molecule has 3 rings (SSSR count). The van der Waals surface area contributed by atoms with Gasteiger partial charge in [0.05, 0.1) is 11.7 Å². The van der Waals surface area contributed by atoms with E-state index in [0.717, 1.165) is 29.4 Å². The van der Waals surface area contributed by atoms with Gasteiger partial charge in [0.15, 0.2) is 0 Å². The first-order valence-corrected chi connectivity index (χ1v) is 8.19. The van der Waals surface area contributed by atoms with Crippen molar-refractivity contribution in [1.29, 1.82) is 0 Å². The highest BCUT2D eigenvalue weighted by Crippen LogP contribution is 2.27. The Hall–Kier alpha value is -1.32. The Balaban J connectivity index is 1.52. The van der Waals surface area contributed by atoms with E-state index in [4.69, 9.17) is 16.7 Å². The SMILES string of the molecule is Clc1ccccc1CNCc1ccn(C2CCCCC2)n1. The van der Waals surface area contributed by atoms with E-state index in [-0.39, 0.29) is 0 Å². The van der Waals surface area contributed by atoms with Gasteiger partial charge < -0.3 is 5.32 Å². The van der Waals surface area contributed by atoms with Gasteiger partial charge in [-0.1, -0.05) is 49.1 Å². The summed E-state index contributed by atoms with van der Waals surface area (Å²) in [7, 11) is 0. The quantitative estimate of drug-likeness (QED) is 0.891. The minimum atomic E-state index is 0.607. The predicted octanol–water partition coefficient (Wildman–Crippen LogP) is 4.33. The molecule has 0 spiro atoms. The van der Waals surface area contributed by atoms with Gasteiger partial charge in [-0.3, -0.25) is 4.68 Å². The van der Waals surface area contributed by atoms with Crippen LogP contribution in [-0.2, 0) is 13.1 Å². The third kappa shape index (κ3) is 3.86. The average Bonchev–Trinajstić information content (AvgIpc) is 2.99. The van der Waals surface area contributed by atoms with Crippen LogP contribution in [0.25, 0.3) is 0 Å². The molecule has 0 saturated heterocycles. The van der Waals surface area contributed by atoms with Crippen LogP contribution in [0, 0.1) is 0 Å². The van der Waals surface area contributed by atoms with Gasteiger partial charge in [0.2, 0.25) is 0 Å². The highest BCUT2D eigenvalue weighted by molar-refractivity contribution is 6.31. The molecule has 0 aliphatic heterocycles. The first-order chi connectivity index (χ1) is 10.3. The smallest absolute Gasteiger partial charge is 0.0762 e. The van der Waals surface area contributed by atoms with Crippen molar-refractivity contribution >= 4 is 11.6 Å². The van der Waals surface area contributed by atoms with Crippen molar-refractivity contribution in [3.8, 4) is 0 Å². The number of nitrogens with zero attached hydrogens (tertiary/aromatic N) is 2. The zero-order valence-corrected chi connectivity index (χ0v) is 13.0. The maximum atomic E-state index is 6.15. The number of rotatable bonds is 5. The predicted molar refractivity (Wildman–Crippen MR) is 86.3 cm³/mol. The molecule has 1 N–H and O–H groups in total. The first kappa shape index (κ1) is 14.6. The number of hydrogen-bond acceptors (Lipinski definition) is 2. The normalized spacial score (nSPS) is 16.2. The zero-order valence-electron chi connectivity index (χ0n) is 12.3. The Bertz CT molecular complexity index is 573. The second-order valence-electron chi connectivity index (χ2n) is 5.77. The van der Waals surface area contributed by atoms with Crippen LogP contribution in [0.4, 0.5) is 0 Å². The summed E-state index contributed by atoms with van der Waals surface area (Å²) in [5.74, 6) is 0. The Morgan fingerprint density at radius 3 is 2.71 bits per heavy atom. The fourth-order valence-corrected chi connectivity index (χ4v) is 3.19. The van der Waals surface area contributed by atoms with Crippen molar-refractivity contribution < 1.29 is 0 Å². The molecule has 0 amide bonds. The van der Waals surface area contributed by atoms with E-state index in [1.807, 2.05) is 18.2 Å². The van der Waals surface area contributed by atoms with E-state index in [1.165, 1.54) is 32.1 Å². The molecule has 1 aromatic heterocycles. The zero-order chi connectivity index (χ0) is 14.5. The maximum absolute atomic E-state index is 6.15. The van der Waals surface area contributed by atoms with Crippen molar-refractivity contribution in [2.24, 2.45) is 0 Å².